The van der Waals surface area contributed by atoms with Gasteiger partial charge in [0.2, 0.25) is 0 Å². The largest absolute Gasteiger partial charge is 0.316 e. The molecule has 1 unspecified atom stereocenters. The van der Waals surface area contributed by atoms with E-state index in [0.717, 1.165) is 29.5 Å². The standard InChI is InChI=1S/C22H30N6.C2H4/c1-23-21(27-26-20-6-2-4-16-12-24-8-7-19(16)20)17-5-3-9-28(13-17)18-10-22(11-18)14-25-15-22;1-2/h2,4,6-8,12,17-18,25-26H,3,5,9-11,13-15H2,1H3,(H,23,27);1-2H2. The van der Waals surface area contributed by atoms with Crippen LogP contribution in [0.2, 0.25) is 0 Å². The topological polar surface area (TPSA) is 64.6 Å². The third kappa shape index (κ3) is 4.07. The first-order valence-electron chi connectivity index (χ1n) is 11.0. The van der Waals surface area contributed by atoms with E-state index in [-0.39, 0.29) is 0 Å². The molecule has 2 aromatic rings. The first-order chi connectivity index (χ1) is 14.8. The van der Waals surface area contributed by atoms with Crippen molar-refractivity contribution in [3.05, 3.63) is 49.8 Å². The maximum Gasteiger partial charge on any atom is 0.119 e. The van der Waals surface area contributed by atoms with Crippen LogP contribution in [0, 0.1) is 11.3 Å². The molecule has 1 atom stereocenters. The Morgan fingerprint density at radius 2 is 2.10 bits per heavy atom. The van der Waals surface area contributed by atoms with E-state index in [2.05, 4.69) is 62.4 Å². The average molecular weight is 407 g/mol. The van der Waals surface area contributed by atoms with Crippen LogP contribution in [0.3, 0.4) is 0 Å². The van der Waals surface area contributed by atoms with Crippen LogP contribution < -0.4 is 16.2 Å². The molecule has 30 heavy (non-hydrogen) atoms. The first-order valence-corrected chi connectivity index (χ1v) is 11.0. The summed E-state index contributed by atoms with van der Waals surface area (Å²) in [5.41, 5.74) is 8.53. The maximum atomic E-state index is 4.59. The van der Waals surface area contributed by atoms with Crippen LogP contribution in [0.15, 0.2) is 54.8 Å². The Morgan fingerprint density at radius 3 is 2.83 bits per heavy atom. The minimum Gasteiger partial charge on any atom is -0.316 e. The first kappa shape index (κ1) is 20.8. The number of hydrogen-bond acceptors (Lipinski definition) is 5. The normalized spacial score (nSPS) is 23.8. The summed E-state index contributed by atoms with van der Waals surface area (Å²) in [5, 5.41) is 5.75. The number of amidine groups is 1. The fourth-order valence-electron chi connectivity index (χ4n) is 5.23. The van der Waals surface area contributed by atoms with E-state index in [1.807, 2.05) is 25.5 Å². The van der Waals surface area contributed by atoms with Crippen molar-refractivity contribution in [3.8, 4) is 0 Å². The predicted molar refractivity (Wildman–Crippen MR) is 126 cm³/mol. The van der Waals surface area contributed by atoms with Gasteiger partial charge in [-0.1, -0.05) is 12.1 Å². The van der Waals surface area contributed by atoms with Crippen molar-refractivity contribution in [2.24, 2.45) is 16.3 Å². The molecular weight excluding hydrogens is 372 g/mol. The molecule has 1 spiro atoms. The molecule has 0 bridgehead atoms. The minimum atomic E-state index is 0.471. The highest BCUT2D eigenvalue weighted by Crippen LogP contribution is 2.47. The number of anilines is 1. The van der Waals surface area contributed by atoms with Crippen LogP contribution in [-0.4, -0.2) is 55.0 Å². The molecule has 0 radical (unpaired) electrons. The van der Waals surface area contributed by atoms with Crippen LogP contribution in [-0.2, 0) is 0 Å². The van der Waals surface area contributed by atoms with E-state index in [1.165, 1.54) is 50.7 Å². The Balaban J connectivity index is 0.00000106. The molecule has 2 aliphatic heterocycles. The number of hydrogen-bond donors (Lipinski definition) is 3. The molecule has 6 heteroatoms. The molecule has 2 saturated heterocycles. The zero-order chi connectivity index (χ0) is 21.0. The van der Waals surface area contributed by atoms with E-state index in [0.29, 0.717) is 11.3 Å². The van der Waals surface area contributed by atoms with Gasteiger partial charge >= 0.3 is 0 Å². The highest BCUT2D eigenvalue weighted by molar-refractivity contribution is 5.94. The van der Waals surface area contributed by atoms with Gasteiger partial charge in [-0.2, -0.15) is 0 Å². The quantitative estimate of drug-likeness (QED) is 0.314. The average Bonchev–Trinajstić information content (AvgIpc) is 2.74. The molecule has 6 nitrogen and oxygen atoms in total. The zero-order valence-electron chi connectivity index (χ0n) is 18.0. The van der Waals surface area contributed by atoms with Gasteiger partial charge in [-0.05, 0) is 49.8 Å². The van der Waals surface area contributed by atoms with Crippen LogP contribution in [0.4, 0.5) is 5.69 Å². The fraction of sp³-hybridized carbons (Fsp3) is 0.500. The van der Waals surface area contributed by atoms with Gasteiger partial charge in [0.25, 0.3) is 0 Å². The Kier molecular flexibility index (Phi) is 6.35. The molecule has 3 aliphatic rings. The molecule has 1 saturated carbocycles. The number of benzene rings is 1. The Bertz CT molecular complexity index is 877. The lowest BCUT2D eigenvalue weighted by molar-refractivity contribution is -0.0451. The second kappa shape index (κ2) is 9.14. The van der Waals surface area contributed by atoms with Gasteiger partial charge < -0.3 is 5.32 Å². The van der Waals surface area contributed by atoms with Gasteiger partial charge in [-0.3, -0.25) is 25.7 Å². The molecule has 1 aromatic carbocycles. The number of nitrogens with zero attached hydrogens (tertiary/aromatic N) is 3. The summed E-state index contributed by atoms with van der Waals surface area (Å²) < 4.78 is 0. The second-order valence-corrected chi connectivity index (χ2v) is 8.76. The van der Waals surface area contributed by atoms with Crippen molar-refractivity contribution in [2.75, 3.05) is 38.7 Å². The predicted octanol–water partition coefficient (Wildman–Crippen LogP) is 3.45. The molecule has 0 amide bonds. The zero-order valence-corrected chi connectivity index (χ0v) is 18.0. The highest BCUT2D eigenvalue weighted by Gasteiger charge is 2.50. The van der Waals surface area contributed by atoms with Gasteiger partial charge in [0.1, 0.15) is 5.84 Å². The maximum absolute atomic E-state index is 4.59. The minimum absolute atomic E-state index is 0.471. The number of aliphatic imine (C=N–C) groups is 1. The van der Waals surface area contributed by atoms with Crippen LogP contribution in [0.5, 0.6) is 0 Å². The van der Waals surface area contributed by atoms with Crippen molar-refractivity contribution in [3.63, 3.8) is 0 Å². The number of aromatic nitrogens is 1. The Hall–Kier alpha value is -2.44. The SMILES string of the molecule is C=C.CN=C(NNc1cccc2cnccc12)C1CCCN(C2CC3(CNC3)C2)C1. The molecule has 3 N–H and O–H groups in total. The van der Waals surface area contributed by atoms with E-state index in [4.69, 9.17) is 0 Å². The third-order valence-electron chi connectivity index (χ3n) is 6.94. The van der Waals surface area contributed by atoms with Gasteiger partial charge in [-0.25, -0.2) is 0 Å². The second-order valence-electron chi connectivity index (χ2n) is 8.76. The van der Waals surface area contributed by atoms with E-state index >= 15 is 0 Å². The van der Waals surface area contributed by atoms with E-state index < -0.39 is 0 Å². The Labute approximate surface area is 179 Å². The summed E-state index contributed by atoms with van der Waals surface area (Å²) in [6, 6.07) is 9.06. The number of piperidine rings is 1. The van der Waals surface area contributed by atoms with Crippen molar-refractivity contribution in [1.29, 1.82) is 0 Å². The van der Waals surface area contributed by atoms with Crippen LogP contribution in [0.25, 0.3) is 10.8 Å². The lowest BCUT2D eigenvalue weighted by Crippen LogP contribution is -2.66. The smallest absolute Gasteiger partial charge is 0.119 e. The summed E-state index contributed by atoms with van der Waals surface area (Å²) in [7, 11) is 1.90. The number of nitrogens with one attached hydrogen (secondary N) is 3. The van der Waals surface area contributed by atoms with Gasteiger partial charge in [0.15, 0.2) is 0 Å². The Morgan fingerprint density at radius 1 is 1.27 bits per heavy atom. The highest BCUT2D eigenvalue weighted by atomic mass is 15.4. The fourth-order valence-corrected chi connectivity index (χ4v) is 5.23. The molecule has 160 valence electrons. The van der Waals surface area contributed by atoms with Gasteiger partial charge in [0.05, 0.1) is 5.69 Å². The number of fused-ring (bicyclic) bond motifs is 1. The summed E-state index contributed by atoms with van der Waals surface area (Å²) in [6.45, 7) is 10.8. The summed E-state index contributed by atoms with van der Waals surface area (Å²) in [6.07, 6.45) is 8.95. The van der Waals surface area contributed by atoms with Crippen molar-refractivity contribution >= 4 is 22.3 Å². The summed E-state index contributed by atoms with van der Waals surface area (Å²) >= 11 is 0. The van der Waals surface area contributed by atoms with Crippen molar-refractivity contribution in [1.82, 2.24) is 20.6 Å². The van der Waals surface area contributed by atoms with Crippen LogP contribution in [0.1, 0.15) is 25.7 Å². The molecule has 3 heterocycles. The molecule has 1 aliphatic carbocycles. The molecule has 3 fully saturated rings. The third-order valence-corrected chi connectivity index (χ3v) is 6.94. The molecule has 5 rings (SSSR count). The molecular formula is C24H34N6. The van der Waals surface area contributed by atoms with Crippen molar-refractivity contribution in [2.45, 2.75) is 31.7 Å². The number of likely N-dealkylation sites (tertiary alicyclic amines) is 1. The summed E-state index contributed by atoms with van der Waals surface area (Å²) in [4.78, 5) is 11.5. The number of rotatable bonds is 4. The lowest BCUT2D eigenvalue weighted by Gasteiger charge is -2.58. The number of pyridine rings is 1. The van der Waals surface area contributed by atoms with E-state index in [1.54, 1.807) is 0 Å². The van der Waals surface area contributed by atoms with Crippen LogP contribution >= 0.6 is 0 Å². The monoisotopic (exact) mass is 406 g/mol. The lowest BCUT2D eigenvalue weighted by atomic mass is 9.61. The molecule has 1 aromatic heterocycles. The van der Waals surface area contributed by atoms with Gasteiger partial charge in [0, 0.05) is 61.8 Å². The van der Waals surface area contributed by atoms with Crippen molar-refractivity contribution < 1.29 is 0 Å². The number of hydrazine groups is 1. The van der Waals surface area contributed by atoms with E-state index in [9.17, 15) is 0 Å². The van der Waals surface area contributed by atoms with Gasteiger partial charge in [-0.15, -0.1) is 13.2 Å². The summed E-state index contributed by atoms with van der Waals surface area (Å²) in [5.74, 6) is 1.54.